The molecule has 2 rings (SSSR count). The van der Waals surface area contributed by atoms with E-state index < -0.39 is 0 Å². The zero-order chi connectivity index (χ0) is 14.7. The highest BCUT2D eigenvalue weighted by Gasteiger charge is 2.16. The average Bonchev–Trinajstić information content (AvgIpc) is 2.82. The molecule has 0 aliphatic rings. The molecule has 1 amide bonds. The van der Waals surface area contributed by atoms with Crippen molar-refractivity contribution < 1.29 is 9.21 Å². The first-order valence-electron chi connectivity index (χ1n) is 6.19. The lowest BCUT2D eigenvalue weighted by atomic mass is 10.2. The van der Waals surface area contributed by atoms with Gasteiger partial charge in [-0.25, -0.2) is 15.0 Å². The number of amides is 1. The Morgan fingerprint density at radius 1 is 1.40 bits per heavy atom. The van der Waals surface area contributed by atoms with Gasteiger partial charge in [0.2, 0.25) is 5.89 Å². The summed E-state index contributed by atoms with van der Waals surface area (Å²) in [5.74, 6) is 1.44. The van der Waals surface area contributed by atoms with Crippen LogP contribution in [-0.4, -0.2) is 20.9 Å². The Morgan fingerprint density at radius 3 is 2.75 bits per heavy atom. The van der Waals surface area contributed by atoms with Crippen molar-refractivity contribution in [2.24, 2.45) is 0 Å². The van der Waals surface area contributed by atoms with Gasteiger partial charge in [0.25, 0.3) is 5.91 Å². The molecule has 1 N–H and O–H groups in total. The van der Waals surface area contributed by atoms with Crippen LogP contribution in [0.15, 0.2) is 16.8 Å². The highest BCUT2D eigenvalue weighted by Crippen LogP contribution is 2.16. The fraction of sp³-hybridized carbons (Fsp3) is 0.385. The van der Waals surface area contributed by atoms with Gasteiger partial charge in [-0.05, 0) is 6.92 Å². The minimum Gasteiger partial charge on any atom is -0.444 e. The molecule has 106 valence electrons. The predicted octanol–water partition coefficient (Wildman–Crippen LogP) is 2.48. The molecule has 0 saturated carbocycles. The summed E-state index contributed by atoms with van der Waals surface area (Å²) in [6.07, 6.45) is 3.03. The third-order valence-electron chi connectivity index (χ3n) is 2.56. The lowest BCUT2D eigenvalue weighted by molar-refractivity contribution is 0.0941. The number of carbonyl (C=O) groups is 1. The van der Waals surface area contributed by atoms with Crippen molar-refractivity contribution in [3.63, 3.8) is 0 Å². The summed E-state index contributed by atoms with van der Waals surface area (Å²) in [4.78, 5) is 24.3. The monoisotopic (exact) mass is 294 g/mol. The summed E-state index contributed by atoms with van der Waals surface area (Å²) in [6.45, 7) is 5.86. The molecule has 0 aliphatic heterocycles. The molecule has 0 saturated heterocycles. The van der Waals surface area contributed by atoms with Crippen LogP contribution in [0.4, 0.5) is 0 Å². The predicted molar refractivity (Wildman–Crippen MR) is 73.5 cm³/mol. The molecule has 2 heterocycles. The molecule has 0 aromatic carbocycles. The molecule has 0 atom stereocenters. The molecule has 0 unspecified atom stereocenters. The number of aryl methyl sites for hydroxylation is 1. The van der Waals surface area contributed by atoms with Gasteiger partial charge in [0, 0.05) is 5.92 Å². The molecular formula is C13H15ClN4O2. The zero-order valence-electron chi connectivity index (χ0n) is 11.5. The molecule has 0 bridgehead atoms. The molecular weight excluding hydrogens is 280 g/mol. The number of nitrogens with zero attached hydrogens (tertiary/aromatic N) is 3. The SMILES string of the molecule is Cc1cnc(CNC(=O)c2nc(C(C)C)ncc2Cl)o1. The highest BCUT2D eigenvalue weighted by molar-refractivity contribution is 6.33. The first-order valence-corrected chi connectivity index (χ1v) is 6.57. The first kappa shape index (κ1) is 14.5. The van der Waals surface area contributed by atoms with Gasteiger partial charge in [-0.2, -0.15) is 0 Å². The second-order valence-corrected chi connectivity index (χ2v) is 5.03. The molecule has 0 fully saturated rings. The number of hydrogen-bond donors (Lipinski definition) is 1. The van der Waals surface area contributed by atoms with Gasteiger partial charge in [0.15, 0.2) is 0 Å². The second kappa shape index (κ2) is 6.00. The van der Waals surface area contributed by atoms with E-state index in [1.807, 2.05) is 13.8 Å². The average molecular weight is 295 g/mol. The van der Waals surface area contributed by atoms with Crippen molar-refractivity contribution in [2.45, 2.75) is 33.2 Å². The molecule has 0 spiro atoms. The van der Waals surface area contributed by atoms with Crippen LogP contribution in [-0.2, 0) is 6.54 Å². The van der Waals surface area contributed by atoms with Crippen molar-refractivity contribution in [2.75, 3.05) is 0 Å². The highest BCUT2D eigenvalue weighted by atomic mass is 35.5. The standard InChI is InChI=1S/C13H15ClN4O2/c1-7(2)12-16-5-9(14)11(18-12)13(19)17-6-10-15-4-8(3)20-10/h4-5,7H,6H2,1-3H3,(H,17,19). The summed E-state index contributed by atoms with van der Waals surface area (Å²) in [6, 6.07) is 0. The Hall–Kier alpha value is -1.95. The van der Waals surface area contributed by atoms with E-state index in [2.05, 4.69) is 20.3 Å². The Balaban J connectivity index is 2.10. The minimum absolute atomic E-state index is 0.119. The normalized spacial score (nSPS) is 10.8. The minimum atomic E-state index is -0.379. The summed E-state index contributed by atoms with van der Waals surface area (Å²) < 4.78 is 5.27. The van der Waals surface area contributed by atoms with E-state index >= 15 is 0 Å². The summed E-state index contributed by atoms with van der Waals surface area (Å²) in [5, 5.41) is 2.88. The lowest BCUT2D eigenvalue weighted by Gasteiger charge is -2.08. The van der Waals surface area contributed by atoms with Crippen LogP contribution < -0.4 is 5.32 Å². The quantitative estimate of drug-likeness (QED) is 0.937. The number of nitrogens with one attached hydrogen (secondary N) is 1. The van der Waals surface area contributed by atoms with Crippen LogP contribution in [0.3, 0.4) is 0 Å². The van der Waals surface area contributed by atoms with Crippen molar-refractivity contribution in [1.82, 2.24) is 20.3 Å². The molecule has 6 nitrogen and oxygen atoms in total. The number of halogens is 1. The van der Waals surface area contributed by atoms with Crippen LogP contribution in [0.2, 0.25) is 5.02 Å². The van der Waals surface area contributed by atoms with E-state index in [9.17, 15) is 4.79 Å². The maximum Gasteiger partial charge on any atom is 0.272 e. The fourth-order valence-electron chi connectivity index (χ4n) is 1.54. The van der Waals surface area contributed by atoms with Gasteiger partial charge in [0.05, 0.1) is 24.0 Å². The summed E-state index contributed by atoms with van der Waals surface area (Å²) in [7, 11) is 0. The van der Waals surface area contributed by atoms with Crippen LogP contribution in [0.25, 0.3) is 0 Å². The van der Waals surface area contributed by atoms with Crippen molar-refractivity contribution in [1.29, 1.82) is 0 Å². The van der Waals surface area contributed by atoms with Crippen LogP contribution in [0.5, 0.6) is 0 Å². The van der Waals surface area contributed by atoms with Crippen LogP contribution in [0, 0.1) is 6.92 Å². The Morgan fingerprint density at radius 2 is 2.15 bits per heavy atom. The van der Waals surface area contributed by atoms with E-state index in [-0.39, 0.29) is 29.1 Å². The van der Waals surface area contributed by atoms with Gasteiger partial charge < -0.3 is 9.73 Å². The smallest absolute Gasteiger partial charge is 0.272 e. The van der Waals surface area contributed by atoms with Gasteiger partial charge in [-0.1, -0.05) is 25.4 Å². The van der Waals surface area contributed by atoms with Gasteiger partial charge in [0.1, 0.15) is 17.3 Å². The van der Waals surface area contributed by atoms with Gasteiger partial charge >= 0.3 is 0 Å². The molecule has 0 radical (unpaired) electrons. The summed E-state index contributed by atoms with van der Waals surface area (Å²) >= 11 is 5.96. The number of hydrogen-bond acceptors (Lipinski definition) is 5. The van der Waals surface area contributed by atoms with Gasteiger partial charge in [-0.3, -0.25) is 4.79 Å². The maximum absolute atomic E-state index is 12.1. The molecule has 0 aliphatic carbocycles. The van der Waals surface area contributed by atoms with E-state index in [4.69, 9.17) is 16.0 Å². The number of carbonyl (C=O) groups excluding carboxylic acids is 1. The largest absolute Gasteiger partial charge is 0.444 e. The lowest BCUT2D eigenvalue weighted by Crippen LogP contribution is -2.25. The van der Waals surface area contributed by atoms with E-state index in [1.165, 1.54) is 6.20 Å². The second-order valence-electron chi connectivity index (χ2n) is 4.63. The van der Waals surface area contributed by atoms with E-state index in [0.29, 0.717) is 17.5 Å². The maximum atomic E-state index is 12.1. The number of aromatic nitrogens is 3. The third kappa shape index (κ3) is 3.33. The van der Waals surface area contributed by atoms with Crippen molar-refractivity contribution >= 4 is 17.5 Å². The topological polar surface area (TPSA) is 80.9 Å². The molecule has 20 heavy (non-hydrogen) atoms. The third-order valence-corrected chi connectivity index (χ3v) is 2.84. The number of rotatable bonds is 4. The van der Waals surface area contributed by atoms with Crippen molar-refractivity contribution in [3.8, 4) is 0 Å². The van der Waals surface area contributed by atoms with Crippen molar-refractivity contribution in [3.05, 3.63) is 40.6 Å². The Bertz CT molecular complexity index is 625. The molecule has 2 aromatic heterocycles. The van der Waals surface area contributed by atoms with Crippen LogP contribution in [0.1, 0.15) is 47.7 Å². The number of oxazole rings is 1. The Labute approximate surface area is 121 Å². The fourth-order valence-corrected chi connectivity index (χ4v) is 1.72. The van der Waals surface area contributed by atoms with Gasteiger partial charge in [-0.15, -0.1) is 0 Å². The van der Waals surface area contributed by atoms with Crippen LogP contribution >= 0.6 is 11.6 Å². The van der Waals surface area contributed by atoms with E-state index in [0.717, 1.165) is 0 Å². The first-order chi connectivity index (χ1) is 9.47. The van der Waals surface area contributed by atoms with E-state index in [1.54, 1.807) is 13.1 Å². The molecule has 7 heteroatoms. The summed E-state index contributed by atoms with van der Waals surface area (Å²) in [5.41, 5.74) is 0.161. The Kier molecular flexibility index (Phi) is 4.34. The zero-order valence-corrected chi connectivity index (χ0v) is 12.2. The molecule has 2 aromatic rings.